The Balaban J connectivity index is 2.05. The molecule has 0 bridgehead atoms. The summed E-state index contributed by atoms with van der Waals surface area (Å²) in [6.45, 7) is 1.39. The van der Waals surface area contributed by atoms with E-state index in [-0.39, 0.29) is 11.4 Å². The van der Waals surface area contributed by atoms with Gasteiger partial charge in [-0.25, -0.2) is 8.42 Å². The Hall–Kier alpha value is -1.93. The molecule has 1 aliphatic rings. The third-order valence-electron chi connectivity index (χ3n) is 2.91. The van der Waals surface area contributed by atoms with Crippen molar-refractivity contribution in [2.75, 3.05) is 13.1 Å². The van der Waals surface area contributed by atoms with Crippen LogP contribution in [0, 0.1) is 6.92 Å². The lowest BCUT2D eigenvalue weighted by Crippen LogP contribution is -2.34. The van der Waals surface area contributed by atoms with E-state index in [1.165, 1.54) is 12.1 Å². The SMILES string of the molecule is Cc1ccc(S(=O)(=O)N2CC2C(=O)NCC(=O)O)cc1. The molecule has 0 saturated carbocycles. The molecule has 8 heteroatoms. The van der Waals surface area contributed by atoms with Crippen molar-refractivity contribution in [3.05, 3.63) is 29.8 Å². The zero-order chi connectivity index (χ0) is 14.9. The maximum absolute atomic E-state index is 12.2. The minimum Gasteiger partial charge on any atom is -0.480 e. The molecular formula is C12H14N2O5S. The summed E-state index contributed by atoms with van der Waals surface area (Å²) in [6, 6.07) is 5.50. The number of hydrogen-bond donors (Lipinski definition) is 2. The summed E-state index contributed by atoms with van der Waals surface area (Å²) < 4.78 is 25.4. The average molecular weight is 298 g/mol. The molecule has 1 aromatic carbocycles. The van der Waals surface area contributed by atoms with Gasteiger partial charge in [0, 0.05) is 6.54 Å². The number of nitrogens with zero attached hydrogens (tertiary/aromatic N) is 1. The number of sulfonamides is 1. The molecule has 0 spiro atoms. The second-order valence-corrected chi connectivity index (χ2v) is 6.41. The second-order valence-electron chi connectivity index (χ2n) is 4.52. The van der Waals surface area contributed by atoms with Gasteiger partial charge in [0.2, 0.25) is 15.9 Å². The number of benzene rings is 1. The van der Waals surface area contributed by atoms with Crippen LogP contribution in [0.25, 0.3) is 0 Å². The molecule has 1 amide bonds. The lowest BCUT2D eigenvalue weighted by atomic mass is 10.2. The first-order chi connectivity index (χ1) is 9.32. The zero-order valence-electron chi connectivity index (χ0n) is 10.7. The van der Waals surface area contributed by atoms with E-state index < -0.39 is 34.5 Å². The minimum absolute atomic E-state index is 0.0711. The van der Waals surface area contributed by atoms with Crippen molar-refractivity contribution in [1.29, 1.82) is 0 Å². The van der Waals surface area contributed by atoms with Crippen molar-refractivity contribution in [2.45, 2.75) is 17.9 Å². The molecule has 1 aromatic rings. The van der Waals surface area contributed by atoms with Gasteiger partial charge in [0.1, 0.15) is 12.6 Å². The molecule has 0 aliphatic carbocycles. The van der Waals surface area contributed by atoms with E-state index in [2.05, 4.69) is 5.32 Å². The van der Waals surface area contributed by atoms with Crippen LogP contribution in [0.5, 0.6) is 0 Å². The Labute approximate surface area is 116 Å². The average Bonchev–Trinajstić information content (AvgIpc) is 3.17. The lowest BCUT2D eigenvalue weighted by Gasteiger charge is -2.06. The first kappa shape index (κ1) is 14.5. The van der Waals surface area contributed by atoms with Gasteiger partial charge in [-0.3, -0.25) is 9.59 Å². The first-order valence-corrected chi connectivity index (χ1v) is 7.34. The van der Waals surface area contributed by atoms with Gasteiger partial charge in [0.25, 0.3) is 0 Å². The summed E-state index contributed by atoms with van der Waals surface area (Å²) in [5.41, 5.74) is 0.936. The molecule has 108 valence electrons. The van der Waals surface area contributed by atoms with E-state index in [9.17, 15) is 18.0 Å². The molecule has 1 aliphatic heterocycles. The van der Waals surface area contributed by atoms with E-state index in [1.54, 1.807) is 12.1 Å². The lowest BCUT2D eigenvalue weighted by molar-refractivity contribution is -0.137. The standard InChI is InChI=1S/C12H14N2O5S/c1-8-2-4-9(5-3-8)20(18,19)14-7-10(14)12(17)13-6-11(15)16/h2-5,10H,6-7H2,1H3,(H,13,17)(H,15,16). The van der Waals surface area contributed by atoms with Gasteiger partial charge in [-0.15, -0.1) is 0 Å². The summed E-state index contributed by atoms with van der Waals surface area (Å²) in [5, 5.41) is 10.6. The zero-order valence-corrected chi connectivity index (χ0v) is 11.6. The van der Waals surface area contributed by atoms with Crippen LogP contribution < -0.4 is 5.32 Å². The highest BCUT2D eigenvalue weighted by Crippen LogP contribution is 2.28. The van der Waals surface area contributed by atoms with E-state index in [1.807, 2.05) is 6.92 Å². The maximum Gasteiger partial charge on any atom is 0.322 e. The third-order valence-corrected chi connectivity index (χ3v) is 4.80. The van der Waals surface area contributed by atoms with Crippen LogP contribution in [0.3, 0.4) is 0 Å². The van der Waals surface area contributed by atoms with E-state index in [4.69, 9.17) is 5.11 Å². The summed E-state index contributed by atoms with van der Waals surface area (Å²) in [7, 11) is -3.69. The van der Waals surface area contributed by atoms with Crippen LogP contribution in [-0.4, -0.2) is 48.8 Å². The Morgan fingerprint density at radius 2 is 1.95 bits per heavy atom. The fourth-order valence-corrected chi connectivity index (χ4v) is 3.25. The number of carbonyl (C=O) groups excluding carboxylic acids is 1. The Bertz CT molecular complexity index is 638. The summed E-state index contributed by atoms with van der Waals surface area (Å²) in [4.78, 5) is 22.0. The third kappa shape index (κ3) is 2.97. The van der Waals surface area contributed by atoms with Crippen LogP contribution in [0.2, 0.25) is 0 Å². The highest BCUT2D eigenvalue weighted by Gasteiger charge is 2.49. The number of carbonyl (C=O) groups is 2. The first-order valence-electron chi connectivity index (χ1n) is 5.90. The van der Waals surface area contributed by atoms with Gasteiger partial charge in [0.05, 0.1) is 4.90 Å². The normalized spacial score (nSPS) is 21.2. The minimum atomic E-state index is -3.69. The van der Waals surface area contributed by atoms with Gasteiger partial charge in [0.15, 0.2) is 0 Å². The molecule has 0 radical (unpaired) electrons. The maximum atomic E-state index is 12.2. The highest BCUT2D eigenvalue weighted by atomic mass is 32.2. The van der Waals surface area contributed by atoms with Crippen molar-refractivity contribution in [3.63, 3.8) is 0 Å². The number of carboxylic acid groups (broad SMARTS) is 1. The Morgan fingerprint density at radius 3 is 2.50 bits per heavy atom. The van der Waals surface area contributed by atoms with E-state index in [0.29, 0.717) is 0 Å². The van der Waals surface area contributed by atoms with Crippen LogP contribution in [-0.2, 0) is 19.6 Å². The van der Waals surface area contributed by atoms with Crippen LogP contribution in [0.1, 0.15) is 5.56 Å². The summed E-state index contributed by atoms with van der Waals surface area (Å²) in [6.07, 6.45) is 0. The van der Waals surface area contributed by atoms with E-state index >= 15 is 0 Å². The Kier molecular flexibility index (Phi) is 3.78. The molecule has 2 unspecified atom stereocenters. The van der Waals surface area contributed by atoms with Crippen molar-refractivity contribution < 1.29 is 23.1 Å². The van der Waals surface area contributed by atoms with Gasteiger partial charge in [-0.1, -0.05) is 17.7 Å². The molecular weight excluding hydrogens is 284 g/mol. The van der Waals surface area contributed by atoms with Crippen LogP contribution in [0.4, 0.5) is 0 Å². The molecule has 2 atom stereocenters. The molecule has 1 saturated heterocycles. The molecule has 0 aromatic heterocycles. The number of hydrogen-bond acceptors (Lipinski definition) is 4. The van der Waals surface area contributed by atoms with E-state index in [0.717, 1.165) is 9.87 Å². The van der Waals surface area contributed by atoms with Crippen LogP contribution >= 0.6 is 0 Å². The summed E-state index contributed by atoms with van der Waals surface area (Å²) in [5.74, 6) is -1.77. The molecule has 20 heavy (non-hydrogen) atoms. The molecule has 7 nitrogen and oxygen atoms in total. The van der Waals surface area contributed by atoms with Gasteiger partial charge in [-0.2, -0.15) is 4.31 Å². The smallest absolute Gasteiger partial charge is 0.322 e. The molecule has 1 fully saturated rings. The predicted molar refractivity (Wildman–Crippen MR) is 69.5 cm³/mol. The number of aliphatic carboxylic acids is 1. The highest BCUT2D eigenvalue weighted by molar-refractivity contribution is 7.89. The monoisotopic (exact) mass is 298 g/mol. The predicted octanol–water partition coefficient (Wildman–Crippen LogP) is -0.431. The van der Waals surface area contributed by atoms with Crippen molar-refractivity contribution in [3.8, 4) is 0 Å². The quantitative estimate of drug-likeness (QED) is 0.718. The van der Waals surface area contributed by atoms with Crippen molar-refractivity contribution in [2.24, 2.45) is 0 Å². The van der Waals surface area contributed by atoms with Gasteiger partial charge < -0.3 is 10.4 Å². The van der Waals surface area contributed by atoms with Crippen molar-refractivity contribution >= 4 is 21.9 Å². The van der Waals surface area contributed by atoms with Crippen molar-refractivity contribution in [1.82, 2.24) is 9.62 Å². The fraction of sp³-hybridized carbons (Fsp3) is 0.333. The number of carboxylic acids is 1. The van der Waals surface area contributed by atoms with Gasteiger partial charge >= 0.3 is 5.97 Å². The second kappa shape index (κ2) is 5.22. The topological polar surface area (TPSA) is 104 Å². The van der Waals surface area contributed by atoms with Gasteiger partial charge in [-0.05, 0) is 19.1 Å². The number of aryl methyl sites for hydroxylation is 1. The fourth-order valence-electron chi connectivity index (χ4n) is 1.73. The molecule has 2 rings (SSSR count). The number of amides is 1. The molecule has 1 heterocycles. The largest absolute Gasteiger partial charge is 0.480 e. The number of nitrogens with one attached hydrogen (secondary N) is 1. The summed E-state index contributed by atoms with van der Waals surface area (Å²) >= 11 is 0. The van der Waals surface area contributed by atoms with Crippen LogP contribution in [0.15, 0.2) is 29.2 Å². The molecule has 2 N–H and O–H groups in total. The number of rotatable bonds is 5. The Morgan fingerprint density at radius 1 is 1.35 bits per heavy atom.